The Kier molecular flexibility index (Phi) is 5.31. The van der Waals surface area contributed by atoms with Gasteiger partial charge in [-0.3, -0.25) is 14.4 Å². The number of esters is 1. The monoisotopic (exact) mass is 364 g/mol. The molecule has 2 amide bonds. The summed E-state index contributed by atoms with van der Waals surface area (Å²) in [5, 5.41) is 5.41. The minimum Gasteiger partial charge on any atom is -0.454 e. The SMILES string of the molecule is CC(C)(C)NC(=O)COC(=O)CNC(=O)CC12CC3CC(CC(C3)C1)C2. The second-order valence-electron chi connectivity index (χ2n) is 9.83. The molecule has 0 radical (unpaired) electrons. The van der Waals surface area contributed by atoms with Gasteiger partial charge in [0, 0.05) is 12.0 Å². The first kappa shape index (κ1) is 19.2. The highest BCUT2D eigenvalue weighted by molar-refractivity contribution is 5.84. The zero-order valence-corrected chi connectivity index (χ0v) is 16.2. The number of carbonyl (C=O) groups is 3. The maximum absolute atomic E-state index is 12.4. The maximum Gasteiger partial charge on any atom is 0.325 e. The van der Waals surface area contributed by atoms with Crippen LogP contribution in [0.4, 0.5) is 0 Å². The molecule has 0 atom stereocenters. The predicted octanol–water partition coefficient (Wildman–Crippen LogP) is 2.17. The molecular weight excluding hydrogens is 332 g/mol. The molecule has 0 aromatic carbocycles. The Labute approximate surface area is 155 Å². The third-order valence-electron chi connectivity index (χ3n) is 6.01. The fourth-order valence-corrected chi connectivity index (χ4v) is 5.73. The normalized spacial score (nSPS) is 32.2. The van der Waals surface area contributed by atoms with Crippen molar-refractivity contribution in [2.24, 2.45) is 23.2 Å². The molecule has 0 aromatic rings. The lowest BCUT2D eigenvalue weighted by molar-refractivity contribution is -0.149. The van der Waals surface area contributed by atoms with Crippen LogP contribution in [0.15, 0.2) is 0 Å². The number of carbonyl (C=O) groups excluding carboxylic acids is 3. The first-order valence-electron chi connectivity index (χ1n) is 9.86. The van der Waals surface area contributed by atoms with Gasteiger partial charge in [0.15, 0.2) is 6.61 Å². The van der Waals surface area contributed by atoms with Crippen LogP contribution in [-0.4, -0.2) is 36.5 Å². The summed E-state index contributed by atoms with van der Waals surface area (Å²) >= 11 is 0. The van der Waals surface area contributed by atoms with E-state index in [1.165, 1.54) is 38.5 Å². The number of rotatable bonds is 6. The third kappa shape index (κ3) is 4.98. The average Bonchev–Trinajstić information content (AvgIpc) is 2.47. The summed E-state index contributed by atoms with van der Waals surface area (Å²) in [6, 6.07) is 0. The Bertz CT molecular complexity index is 544. The van der Waals surface area contributed by atoms with Crippen molar-refractivity contribution in [3.63, 3.8) is 0 Å². The predicted molar refractivity (Wildman–Crippen MR) is 97.1 cm³/mol. The van der Waals surface area contributed by atoms with Crippen LogP contribution in [0.2, 0.25) is 0 Å². The lowest BCUT2D eigenvalue weighted by atomic mass is 9.49. The van der Waals surface area contributed by atoms with Crippen molar-refractivity contribution in [3.8, 4) is 0 Å². The second kappa shape index (κ2) is 7.20. The van der Waals surface area contributed by atoms with Crippen LogP contribution in [0.25, 0.3) is 0 Å². The fraction of sp³-hybridized carbons (Fsp3) is 0.850. The second-order valence-corrected chi connectivity index (χ2v) is 9.83. The molecule has 4 bridgehead atoms. The molecule has 2 N–H and O–H groups in total. The van der Waals surface area contributed by atoms with E-state index in [4.69, 9.17) is 4.74 Å². The van der Waals surface area contributed by atoms with Gasteiger partial charge < -0.3 is 15.4 Å². The van der Waals surface area contributed by atoms with E-state index in [1.54, 1.807) is 0 Å². The van der Waals surface area contributed by atoms with Gasteiger partial charge in [0.05, 0.1) is 0 Å². The van der Waals surface area contributed by atoms with Crippen LogP contribution in [0.3, 0.4) is 0 Å². The molecule has 0 unspecified atom stereocenters. The van der Waals surface area contributed by atoms with Crippen molar-refractivity contribution >= 4 is 17.8 Å². The van der Waals surface area contributed by atoms with Gasteiger partial charge in [-0.05, 0) is 82.5 Å². The van der Waals surface area contributed by atoms with E-state index in [1.807, 2.05) is 20.8 Å². The number of hydrogen-bond acceptors (Lipinski definition) is 4. The van der Waals surface area contributed by atoms with Crippen LogP contribution in [0, 0.1) is 23.2 Å². The molecule has 0 aromatic heterocycles. The van der Waals surface area contributed by atoms with Crippen LogP contribution in [-0.2, 0) is 19.1 Å². The Balaban J connectivity index is 1.38. The smallest absolute Gasteiger partial charge is 0.325 e. The molecule has 6 heteroatoms. The number of amides is 2. The van der Waals surface area contributed by atoms with Crippen molar-refractivity contribution in [3.05, 3.63) is 0 Å². The Morgan fingerprint density at radius 2 is 1.50 bits per heavy atom. The van der Waals surface area contributed by atoms with Gasteiger partial charge >= 0.3 is 5.97 Å². The topological polar surface area (TPSA) is 84.5 Å². The van der Waals surface area contributed by atoms with E-state index in [0.717, 1.165) is 17.8 Å². The van der Waals surface area contributed by atoms with E-state index in [-0.39, 0.29) is 35.9 Å². The Hall–Kier alpha value is -1.59. The Morgan fingerprint density at radius 1 is 0.962 bits per heavy atom. The quantitative estimate of drug-likeness (QED) is 0.708. The van der Waals surface area contributed by atoms with Crippen molar-refractivity contribution in [1.29, 1.82) is 0 Å². The van der Waals surface area contributed by atoms with Crippen LogP contribution in [0.1, 0.15) is 65.7 Å². The van der Waals surface area contributed by atoms with Crippen LogP contribution in [0.5, 0.6) is 0 Å². The van der Waals surface area contributed by atoms with Gasteiger partial charge in [0.25, 0.3) is 5.91 Å². The minimum absolute atomic E-state index is 0.0666. The summed E-state index contributed by atoms with van der Waals surface area (Å²) in [7, 11) is 0. The molecule has 0 aliphatic heterocycles. The van der Waals surface area contributed by atoms with Gasteiger partial charge in [0.1, 0.15) is 6.54 Å². The molecule has 4 rings (SSSR count). The molecule has 4 saturated carbocycles. The van der Waals surface area contributed by atoms with Crippen molar-refractivity contribution in [2.75, 3.05) is 13.2 Å². The lowest BCUT2D eigenvalue weighted by Gasteiger charge is -2.56. The van der Waals surface area contributed by atoms with Crippen LogP contribution < -0.4 is 10.6 Å². The highest BCUT2D eigenvalue weighted by Gasteiger charge is 2.51. The van der Waals surface area contributed by atoms with E-state index < -0.39 is 5.97 Å². The summed E-state index contributed by atoms with van der Waals surface area (Å²) in [5.74, 6) is 1.43. The summed E-state index contributed by atoms with van der Waals surface area (Å²) in [5.41, 5.74) is -0.203. The Morgan fingerprint density at radius 3 is 2.00 bits per heavy atom. The first-order valence-corrected chi connectivity index (χ1v) is 9.86. The zero-order chi connectivity index (χ0) is 18.9. The number of ether oxygens (including phenoxy) is 1. The van der Waals surface area contributed by atoms with Crippen molar-refractivity contribution in [1.82, 2.24) is 10.6 Å². The zero-order valence-electron chi connectivity index (χ0n) is 16.2. The number of hydrogen-bond donors (Lipinski definition) is 2. The summed E-state index contributed by atoms with van der Waals surface area (Å²) in [6.07, 6.45) is 8.09. The van der Waals surface area contributed by atoms with E-state index in [2.05, 4.69) is 10.6 Å². The highest BCUT2D eigenvalue weighted by Crippen LogP contribution is 2.61. The molecule has 146 valence electrons. The van der Waals surface area contributed by atoms with E-state index in [9.17, 15) is 14.4 Å². The van der Waals surface area contributed by atoms with Crippen molar-refractivity contribution < 1.29 is 19.1 Å². The molecule has 4 aliphatic carbocycles. The van der Waals surface area contributed by atoms with Crippen LogP contribution >= 0.6 is 0 Å². The van der Waals surface area contributed by atoms with Gasteiger partial charge in [-0.1, -0.05) is 0 Å². The van der Waals surface area contributed by atoms with E-state index in [0.29, 0.717) is 6.42 Å². The number of nitrogens with one attached hydrogen (secondary N) is 2. The van der Waals surface area contributed by atoms with Gasteiger partial charge in [-0.25, -0.2) is 0 Å². The molecule has 0 saturated heterocycles. The van der Waals surface area contributed by atoms with Crippen molar-refractivity contribution in [2.45, 2.75) is 71.3 Å². The molecule has 0 heterocycles. The van der Waals surface area contributed by atoms with Gasteiger partial charge in [-0.2, -0.15) is 0 Å². The largest absolute Gasteiger partial charge is 0.454 e. The molecule has 0 spiro atoms. The van der Waals surface area contributed by atoms with E-state index >= 15 is 0 Å². The molecule has 4 fully saturated rings. The molecule has 4 aliphatic rings. The average molecular weight is 364 g/mol. The summed E-state index contributed by atoms with van der Waals surface area (Å²) in [4.78, 5) is 35.8. The standard InChI is InChI=1S/C20H32N2O4/c1-19(2,3)22-17(24)12-26-18(25)11-21-16(23)10-20-7-13-4-14(8-20)6-15(5-13)9-20/h13-15H,4-12H2,1-3H3,(H,21,23)(H,22,24). The lowest BCUT2D eigenvalue weighted by Crippen LogP contribution is -2.48. The molecular formula is C20H32N2O4. The highest BCUT2D eigenvalue weighted by atomic mass is 16.5. The summed E-state index contributed by atoms with van der Waals surface area (Å²) in [6.45, 7) is 5.08. The molecule has 26 heavy (non-hydrogen) atoms. The summed E-state index contributed by atoms with van der Waals surface area (Å²) < 4.78 is 4.93. The minimum atomic E-state index is -0.576. The molecule has 6 nitrogen and oxygen atoms in total. The fourth-order valence-electron chi connectivity index (χ4n) is 5.73. The first-order chi connectivity index (χ1) is 12.1. The van der Waals surface area contributed by atoms with Gasteiger partial charge in [0.2, 0.25) is 5.91 Å². The third-order valence-corrected chi connectivity index (χ3v) is 6.01. The maximum atomic E-state index is 12.4. The van der Waals surface area contributed by atoms with Gasteiger partial charge in [-0.15, -0.1) is 0 Å².